The zero-order valence-corrected chi connectivity index (χ0v) is 10.8. The standard InChI is InChI=1S/C9H10ClF3N2O2S/c1-6(4-5-10)18(16,17)8-3-2-7(14-15-8)9(11,12)13/h2-3,6H,4-5H2,1H3. The lowest BCUT2D eigenvalue weighted by Crippen LogP contribution is -2.21. The molecule has 9 heteroatoms. The summed E-state index contributed by atoms with van der Waals surface area (Å²) in [5, 5.41) is 4.69. The minimum Gasteiger partial charge on any atom is -0.222 e. The van der Waals surface area contributed by atoms with Crippen LogP contribution in [0.1, 0.15) is 19.0 Å². The second kappa shape index (κ2) is 5.40. The van der Waals surface area contributed by atoms with Crippen molar-refractivity contribution < 1.29 is 21.6 Å². The highest BCUT2D eigenvalue weighted by atomic mass is 35.5. The van der Waals surface area contributed by atoms with Gasteiger partial charge in [-0.3, -0.25) is 0 Å². The lowest BCUT2D eigenvalue weighted by molar-refractivity contribution is -0.141. The summed E-state index contributed by atoms with van der Waals surface area (Å²) >= 11 is 5.43. The van der Waals surface area contributed by atoms with Crippen LogP contribution >= 0.6 is 11.6 Å². The van der Waals surface area contributed by atoms with Crippen molar-refractivity contribution in [1.82, 2.24) is 10.2 Å². The molecule has 4 nitrogen and oxygen atoms in total. The van der Waals surface area contributed by atoms with E-state index in [1.54, 1.807) is 0 Å². The molecule has 0 aliphatic heterocycles. The molecule has 0 spiro atoms. The Morgan fingerprint density at radius 2 is 1.94 bits per heavy atom. The van der Waals surface area contributed by atoms with E-state index in [1.807, 2.05) is 0 Å². The van der Waals surface area contributed by atoms with E-state index in [4.69, 9.17) is 11.6 Å². The fourth-order valence-corrected chi connectivity index (χ4v) is 2.85. The number of hydrogen-bond acceptors (Lipinski definition) is 4. The van der Waals surface area contributed by atoms with E-state index in [0.29, 0.717) is 6.07 Å². The normalized spacial score (nSPS) is 14.5. The first-order valence-corrected chi connectivity index (χ1v) is 6.98. The summed E-state index contributed by atoms with van der Waals surface area (Å²) in [4.78, 5) is 0. The molecule has 0 saturated carbocycles. The Kier molecular flexibility index (Phi) is 4.55. The van der Waals surface area contributed by atoms with Gasteiger partial charge in [-0.2, -0.15) is 13.2 Å². The van der Waals surface area contributed by atoms with E-state index in [2.05, 4.69) is 10.2 Å². The summed E-state index contributed by atoms with van der Waals surface area (Å²) in [6, 6.07) is 1.39. The summed E-state index contributed by atoms with van der Waals surface area (Å²) in [6.45, 7) is 1.41. The van der Waals surface area contributed by atoms with E-state index in [9.17, 15) is 21.6 Å². The molecule has 1 aromatic rings. The topological polar surface area (TPSA) is 59.9 Å². The first-order chi connectivity index (χ1) is 8.19. The fraction of sp³-hybridized carbons (Fsp3) is 0.556. The van der Waals surface area contributed by atoms with E-state index < -0.39 is 32.0 Å². The quantitative estimate of drug-likeness (QED) is 0.801. The first kappa shape index (κ1) is 15.2. The van der Waals surface area contributed by atoms with Crippen LogP contribution in [0, 0.1) is 0 Å². The molecule has 0 aliphatic carbocycles. The van der Waals surface area contributed by atoms with Crippen LogP contribution in [-0.4, -0.2) is 29.7 Å². The van der Waals surface area contributed by atoms with Crippen LogP contribution in [0.2, 0.25) is 0 Å². The van der Waals surface area contributed by atoms with Crippen molar-refractivity contribution in [2.75, 3.05) is 5.88 Å². The van der Waals surface area contributed by atoms with E-state index in [-0.39, 0.29) is 12.3 Å². The van der Waals surface area contributed by atoms with Gasteiger partial charge in [0.1, 0.15) is 0 Å². The maximum atomic E-state index is 12.2. The summed E-state index contributed by atoms with van der Waals surface area (Å²) in [7, 11) is -3.79. The zero-order chi connectivity index (χ0) is 14.0. The third-order valence-electron chi connectivity index (χ3n) is 2.27. The molecule has 18 heavy (non-hydrogen) atoms. The molecule has 1 aromatic heterocycles. The Labute approximate surface area is 107 Å². The van der Waals surface area contributed by atoms with Gasteiger partial charge in [-0.15, -0.1) is 21.8 Å². The van der Waals surface area contributed by atoms with Gasteiger partial charge in [0.25, 0.3) is 0 Å². The highest BCUT2D eigenvalue weighted by Gasteiger charge is 2.34. The van der Waals surface area contributed by atoms with Crippen LogP contribution in [0.15, 0.2) is 17.2 Å². The zero-order valence-electron chi connectivity index (χ0n) is 9.28. The van der Waals surface area contributed by atoms with Gasteiger partial charge in [0, 0.05) is 5.88 Å². The average molecular weight is 303 g/mol. The molecule has 102 valence electrons. The third-order valence-corrected chi connectivity index (χ3v) is 4.58. The lowest BCUT2D eigenvalue weighted by atomic mass is 10.4. The number of nitrogens with zero attached hydrogens (tertiary/aromatic N) is 2. The van der Waals surface area contributed by atoms with Gasteiger partial charge in [0.05, 0.1) is 5.25 Å². The Balaban J connectivity index is 3.05. The van der Waals surface area contributed by atoms with Crippen LogP contribution in [-0.2, 0) is 16.0 Å². The van der Waals surface area contributed by atoms with Gasteiger partial charge >= 0.3 is 6.18 Å². The van der Waals surface area contributed by atoms with Gasteiger partial charge in [0.2, 0.25) is 0 Å². The molecule has 0 radical (unpaired) electrons. The van der Waals surface area contributed by atoms with Crippen molar-refractivity contribution in [1.29, 1.82) is 0 Å². The highest BCUT2D eigenvalue weighted by molar-refractivity contribution is 7.92. The maximum Gasteiger partial charge on any atom is 0.435 e. The third kappa shape index (κ3) is 3.32. The van der Waals surface area contributed by atoms with Gasteiger partial charge in [0.15, 0.2) is 20.6 Å². The van der Waals surface area contributed by atoms with Gasteiger partial charge < -0.3 is 0 Å². The van der Waals surface area contributed by atoms with Crippen molar-refractivity contribution >= 4 is 21.4 Å². The van der Waals surface area contributed by atoms with Gasteiger partial charge in [-0.05, 0) is 25.5 Å². The SMILES string of the molecule is CC(CCCl)S(=O)(=O)c1ccc(C(F)(F)F)nn1. The van der Waals surface area contributed by atoms with Crippen molar-refractivity contribution in [3.8, 4) is 0 Å². The van der Waals surface area contributed by atoms with Crippen LogP contribution in [0.4, 0.5) is 13.2 Å². The summed E-state index contributed by atoms with van der Waals surface area (Å²) < 4.78 is 60.4. The molecule has 1 unspecified atom stereocenters. The summed E-state index contributed by atoms with van der Waals surface area (Å²) in [5.41, 5.74) is -1.23. The number of hydrogen-bond donors (Lipinski definition) is 0. The molecule has 0 fully saturated rings. The number of halogens is 4. The minimum atomic E-state index is -4.64. The smallest absolute Gasteiger partial charge is 0.222 e. The Morgan fingerprint density at radius 1 is 1.33 bits per heavy atom. The van der Waals surface area contributed by atoms with Crippen molar-refractivity contribution in [2.24, 2.45) is 0 Å². The number of alkyl halides is 4. The number of sulfone groups is 1. The first-order valence-electron chi connectivity index (χ1n) is 4.90. The molecular formula is C9H10ClF3N2O2S. The van der Waals surface area contributed by atoms with Crippen LogP contribution in [0.25, 0.3) is 0 Å². The van der Waals surface area contributed by atoms with Crippen LogP contribution < -0.4 is 0 Å². The predicted molar refractivity (Wildman–Crippen MR) is 59.0 cm³/mol. The highest BCUT2D eigenvalue weighted by Crippen LogP contribution is 2.27. The Bertz CT molecular complexity index is 502. The monoisotopic (exact) mass is 302 g/mol. The second-order valence-electron chi connectivity index (χ2n) is 3.59. The number of rotatable bonds is 4. The fourth-order valence-electron chi connectivity index (χ4n) is 1.14. The summed E-state index contributed by atoms with van der Waals surface area (Å²) in [6.07, 6.45) is -4.45. The molecule has 0 aliphatic rings. The van der Waals surface area contributed by atoms with Crippen LogP contribution in [0.3, 0.4) is 0 Å². The number of aromatic nitrogens is 2. The lowest BCUT2D eigenvalue weighted by Gasteiger charge is -2.10. The molecule has 0 bridgehead atoms. The molecule has 1 rings (SSSR count). The van der Waals surface area contributed by atoms with E-state index in [1.165, 1.54) is 6.92 Å². The maximum absolute atomic E-state index is 12.2. The largest absolute Gasteiger partial charge is 0.435 e. The molecule has 1 atom stereocenters. The average Bonchev–Trinajstić information content (AvgIpc) is 2.28. The molecule has 0 N–H and O–H groups in total. The molecule has 1 heterocycles. The molecular weight excluding hydrogens is 293 g/mol. The predicted octanol–water partition coefficient (Wildman–Crippen LogP) is 2.29. The Hall–Kier alpha value is -0.890. The van der Waals surface area contributed by atoms with Crippen LogP contribution in [0.5, 0.6) is 0 Å². The molecule has 0 aromatic carbocycles. The Morgan fingerprint density at radius 3 is 2.33 bits per heavy atom. The van der Waals surface area contributed by atoms with Crippen molar-refractivity contribution in [2.45, 2.75) is 29.8 Å². The van der Waals surface area contributed by atoms with Crippen molar-refractivity contribution in [3.05, 3.63) is 17.8 Å². The van der Waals surface area contributed by atoms with Gasteiger partial charge in [-0.25, -0.2) is 8.42 Å². The van der Waals surface area contributed by atoms with Gasteiger partial charge in [-0.1, -0.05) is 0 Å². The summed E-state index contributed by atoms with van der Waals surface area (Å²) in [5.74, 6) is 0.133. The van der Waals surface area contributed by atoms with E-state index >= 15 is 0 Å². The minimum absolute atomic E-state index is 0.133. The molecule has 0 amide bonds. The molecule has 0 saturated heterocycles. The van der Waals surface area contributed by atoms with E-state index in [0.717, 1.165) is 6.07 Å². The van der Waals surface area contributed by atoms with Crippen molar-refractivity contribution in [3.63, 3.8) is 0 Å². The second-order valence-corrected chi connectivity index (χ2v) is 6.28.